The molecule has 124 valence electrons. The molecule has 2 atom stereocenters. The van der Waals surface area contributed by atoms with Crippen molar-refractivity contribution >= 4 is 17.3 Å². The SMILES string of the molecule is Cn1c(C2COCCO2)nnc1N1CCOC(c2ccsc2)C1. The van der Waals surface area contributed by atoms with E-state index in [1.165, 1.54) is 5.56 Å². The van der Waals surface area contributed by atoms with Crippen LogP contribution in [0.3, 0.4) is 0 Å². The molecule has 0 aliphatic carbocycles. The van der Waals surface area contributed by atoms with Crippen LogP contribution in [-0.4, -0.2) is 54.3 Å². The third kappa shape index (κ3) is 2.99. The zero-order chi connectivity index (χ0) is 15.6. The lowest BCUT2D eigenvalue weighted by molar-refractivity contribution is -0.0945. The van der Waals surface area contributed by atoms with Crippen molar-refractivity contribution in [1.82, 2.24) is 14.8 Å². The Morgan fingerprint density at radius 1 is 1.17 bits per heavy atom. The average Bonchev–Trinajstić information content (AvgIpc) is 3.26. The molecular weight excluding hydrogens is 316 g/mol. The summed E-state index contributed by atoms with van der Waals surface area (Å²) in [6.45, 7) is 4.06. The summed E-state index contributed by atoms with van der Waals surface area (Å²) in [5.74, 6) is 1.68. The fourth-order valence-electron chi connectivity index (χ4n) is 3.02. The van der Waals surface area contributed by atoms with Gasteiger partial charge in [0.05, 0.1) is 33.0 Å². The molecule has 2 unspecified atom stereocenters. The van der Waals surface area contributed by atoms with Crippen molar-refractivity contribution in [2.24, 2.45) is 7.05 Å². The van der Waals surface area contributed by atoms with E-state index in [-0.39, 0.29) is 12.2 Å². The van der Waals surface area contributed by atoms with Crippen LogP contribution in [0.5, 0.6) is 0 Å². The first-order valence-corrected chi connectivity index (χ1v) is 8.74. The van der Waals surface area contributed by atoms with E-state index in [0.29, 0.717) is 26.4 Å². The van der Waals surface area contributed by atoms with Crippen molar-refractivity contribution in [1.29, 1.82) is 0 Å². The van der Waals surface area contributed by atoms with E-state index in [2.05, 4.69) is 31.9 Å². The number of aromatic nitrogens is 3. The van der Waals surface area contributed by atoms with Crippen molar-refractivity contribution in [3.8, 4) is 0 Å². The average molecular weight is 336 g/mol. The highest BCUT2D eigenvalue weighted by atomic mass is 32.1. The molecule has 2 fully saturated rings. The molecule has 2 aromatic rings. The molecule has 0 saturated carbocycles. The number of nitrogens with zero attached hydrogens (tertiary/aromatic N) is 4. The first kappa shape index (κ1) is 15.1. The van der Waals surface area contributed by atoms with Crippen molar-refractivity contribution < 1.29 is 14.2 Å². The normalized spacial score (nSPS) is 25.7. The van der Waals surface area contributed by atoms with Gasteiger partial charge in [-0.05, 0) is 22.4 Å². The molecule has 4 rings (SSSR count). The molecular formula is C15H20N4O3S. The Balaban J connectivity index is 1.52. The molecule has 0 N–H and O–H groups in total. The molecule has 8 heteroatoms. The highest BCUT2D eigenvalue weighted by Gasteiger charge is 2.28. The third-order valence-electron chi connectivity index (χ3n) is 4.25. The summed E-state index contributed by atoms with van der Waals surface area (Å²) in [5.41, 5.74) is 1.23. The number of hydrogen-bond acceptors (Lipinski definition) is 7. The topological polar surface area (TPSA) is 61.6 Å². The Morgan fingerprint density at radius 2 is 2.09 bits per heavy atom. The monoisotopic (exact) mass is 336 g/mol. The van der Waals surface area contributed by atoms with Crippen LogP contribution < -0.4 is 4.90 Å². The molecule has 0 spiro atoms. The Bertz CT molecular complexity index is 639. The van der Waals surface area contributed by atoms with Crippen LogP contribution in [0.1, 0.15) is 23.6 Å². The predicted octanol–water partition coefficient (Wildman–Crippen LogP) is 1.54. The summed E-state index contributed by atoms with van der Waals surface area (Å²) < 4.78 is 19.1. The predicted molar refractivity (Wildman–Crippen MR) is 85.7 cm³/mol. The van der Waals surface area contributed by atoms with Crippen molar-refractivity contribution in [3.63, 3.8) is 0 Å². The zero-order valence-electron chi connectivity index (χ0n) is 13.1. The summed E-state index contributed by atoms with van der Waals surface area (Å²) in [6, 6.07) is 2.12. The van der Waals surface area contributed by atoms with E-state index in [0.717, 1.165) is 24.9 Å². The van der Waals surface area contributed by atoms with Gasteiger partial charge in [-0.1, -0.05) is 0 Å². The van der Waals surface area contributed by atoms with Crippen LogP contribution >= 0.6 is 11.3 Å². The van der Waals surface area contributed by atoms with E-state index in [9.17, 15) is 0 Å². The number of thiophene rings is 1. The number of ether oxygens (including phenoxy) is 3. The molecule has 2 saturated heterocycles. The summed E-state index contributed by atoms with van der Waals surface area (Å²) >= 11 is 1.69. The number of anilines is 1. The molecule has 2 aliphatic rings. The minimum absolute atomic E-state index is 0.0874. The molecule has 2 aromatic heterocycles. The highest BCUT2D eigenvalue weighted by Crippen LogP contribution is 2.28. The lowest BCUT2D eigenvalue weighted by Crippen LogP contribution is -2.39. The Labute approximate surface area is 138 Å². The Hall–Kier alpha value is -1.48. The lowest BCUT2D eigenvalue weighted by Gasteiger charge is -2.33. The molecule has 0 amide bonds. The Kier molecular flexibility index (Phi) is 4.30. The van der Waals surface area contributed by atoms with Gasteiger partial charge in [0, 0.05) is 13.6 Å². The highest BCUT2D eigenvalue weighted by molar-refractivity contribution is 7.07. The summed E-state index contributed by atoms with van der Waals surface area (Å²) in [5, 5.41) is 12.9. The molecule has 7 nitrogen and oxygen atoms in total. The first-order valence-electron chi connectivity index (χ1n) is 7.80. The zero-order valence-corrected chi connectivity index (χ0v) is 13.9. The summed E-state index contributed by atoms with van der Waals surface area (Å²) in [4.78, 5) is 2.23. The minimum atomic E-state index is -0.135. The first-order chi connectivity index (χ1) is 11.3. The third-order valence-corrected chi connectivity index (χ3v) is 4.96. The molecule has 4 heterocycles. The van der Waals surface area contributed by atoms with E-state index in [4.69, 9.17) is 14.2 Å². The minimum Gasteiger partial charge on any atom is -0.376 e. The molecule has 23 heavy (non-hydrogen) atoms. The molecule has 0 bridgehead atoms. The van der Waals surface area contributed by atoms with Crippen molar-refractivity contribution in [2.45, 2.75) is 12.2 Å². The number of morpholine rings is 1. The van der Waals surface area contributed by atoms with E-state index in [1.54, 1.807) is 11.3 Å². The number of rotatable bonds is 3. The van der Waals surface area contributed by atoms with Gasteiger partial charge in [-0.3, -0.25) is 4.57 Å². The quantitative estimate of drug-likeness (QED) is 0.847. The van der Waals surface area contributed by atoms with Gasteiger partial charge in [0.1, 0.15) is 12.2 Å². The molecule has 2 aliphatic heterocycles. The van der Waals surface area contributed by atoms with Crippen LogP contribution in [-0.2, 0) is 21.3 Å². The molecule has 0 aromatic carbocycles. The maximum Gasteiger partial charge on any atom is 0.227 e. The van der Waals surface area contributed by atoms with Crippen LogP contribution in [0.25, 0.3) is 0 Å². The van der Waals surface area contributed by atoms with E-state index < -0.39 is 0 Å². The van der Waals surface area contributed by atoms with Gasteiger partial charge in [-0.15, -0.1) is 10.2 Å². The van der Waals surface area contributed by atoms with Gasteiger partial charge in [-0.2, -0.15) is 11.3 Å². The largest absolute Gasteiger partial charge is 0.376 e. The maximum atomic E-state index is 5.90. The summed E-state index contributed by atoms with van der Waals surface area (Å²) in [7, 11) is 1.98. The van der Waals surface area contributed by atoms with Crippen LogP contribution in [0.2, 0.25) is 0 Å². The fourth-order valence-corrected chi connectivity index (χ4v) is 3.72. The van der Waals surface area contributed by atoms with Crippen molar-refractivity contribution in [2.75, 3.05) is 44.4 Å². The second kappa shape index (κ2) is 6.56. The second-order valence-corrected chi connectivity index (χ2v) is 6.49. The Morgan fingerprint density at radius 3 is 2.87 bits per heavy atom. The maximum absolute atomic E-state index is 5.90. The van der Waals surface area contributed by atoms with Gasteiger partial charge >= 0.3 is 0 Å². The van der Waals surface area contributed by atoms with Crippen LogP contribution in [0, 0.1) is 0 Å². The van der Waals surface area contributed by atoms with Gasteiger partial charge in [0.2, 0.25) is 5.95 Å². The van der Waals surface area contributed by atoms with Gasteiger partial charge in [0.15, 0.2) is 5.82 Å². The van der Waals surface area contributed by atoms with Crippen molar-refractivity contribution in [3.05, 3.63) is 28.2 Å². The van der Waals surface area contributed by atoms with Gasteiger partial charge < -0.3 is 19.1 Å². The van der Waals surface area contributed by atoms with Gasteiger partial charge in [0.25, 0.3) is 0 Å². The lowest BCUT2D eigenvalue weighted by atomic mass is 10.1. The number of hydrogen-bond donors (Lipinski definition) is 0. The fraction of sp³-hybridized carbons (Fsp3) is 0.600. The summed E-state index contributed by atoms with van der Waals surface area (Å²) in [6.07, 6.45) is -0.0480. The standard InChI is InChI=1S/C15H20N4O3S/c1-18-14(13-9-20-5-6-22-13)16-17-15(18)19-3-4-21-12(8-19)11-2-7-23-10-11/h2,7,10,12-13H,3-6,8-9H2,1H3. The second-order valence-electron chi connectivity index (χ2n) is 5.71. The van der Waals surface area contributed by atoms with Gasteiger partial charge in [-0.25, -0.2) is 0 Å². The molecule has 0 radical (unpaired) electrons. The smallest absolute Gasteiger partial charge is 0.227 e. The van der Waals surface area contributed by atoms with E-state index >= 15 is 0 Å². The van der Waals surface area contributed by atoms with Crippen LogP contribution in [0.4, 0.5) is 5.95 Å². The van der Waals surface area contributed by atoms with E-state index in [1.807, 2.05) is 11.6 Å². The van der Waals surface area contributed by atoms with Crippen LogP contribution in [0.15, 0.2) is 16.8 Å².